The van der Waals surface area contributed by atoms with Crippen LogP contribution in [0.2, 0.25) is 0 Å². The number of carbonyl (C=O) groups excluding carboxylic acids is 1. The molecule has 3 nitrogen and oxygen atoms in total. The van der Waals surface area contributed by atoms with Gasteiger partial charge in [0.25, 0.3) is 0 Å². The van der Waals surface area contributed by atoms with Crippen LogP contribution in [0.3, 0.4) is 0 Å². The van der Waals surface area contributed by atoms with Crippen LogP contribution in [0.25, 0.3) is 0 Å². The molecule has 6 atom stereocenters. The maximum Gasteiger partial charge on any atom is 0.194 e. The third-order valence-corrected chi connectivity index (χ3v) is 7.24. The molecule has 0 amide bonds. The number of hydrogen-bond donors (Lipinski definition) is 0. The minimum Gasteiger partial charge on any atom is -0.366 e. The average molecular weight is 316 g/mol. The molecule has 4 rings (SSSR count). The van der Waals surface area contributed by atoms with Crippen LogP contribution in [-0.2, 0) is 14.3 Å². The lowest BCUT2D eigenvalue weighted by molar-refractivity contribution is -0.116. The molecule has 0 aromatic rings. The largest absolute Gasteiger partial charge is 0.366 e. The summed E-state index contributed by atoms with van der Waals surface area (Å²) in [6.45, 7) is 13.2. The van der Waals surface area contributed by atoms with Crippen LogP contribution in [0.4, 0.5) is 0 Å². The Kier molecular flexibility index (Phi) is 3.10. The molecule has 0 radical (unpaired) electrons. The summed E-state index contributed by atoms with van der Waals surface area (Å²) in [5.41, 5.74) is 1.53. The minimum atomic E-state index is -0.302. The van der Waals surface area contributed by atoms with Crippen molar-refractivity contribution in [2.45, 2.75) is 83.2 Å². The van der Waals surface area contributed by atoms with E-state index in [2.05, 4.69) is 40.3 Å². The molecule has 0 spiro atoms. The molecule has 4 aliphatic rings. The Morgan fingerprint density at radius 2 is 1.87 bits per heavy atom. The molecule has 126 valence electrons. The maximum atomic E-state index is 12.9. The van der Waals surface area contributed by atoms with Crippen LogP contribution in [0.5, 0.6) is 0 Å². The summed E-state index contributed by atoms with van der Waals surface area (Å²) in [6, 6.07) is 0. The maximum absolute atomic E-state index is 12.9. The van der Waals surface area contributed by atoms with Gasteiger partial charge in [0.2, 0.25) is 0 Å². The van der Waals surface area contributed by atoms with Crippen molar-refractivity contribution in [2.75, 3.05) is 0 Å². The molecular weight excluding hydrogens is 288 g/mol. The second-order valence-electron chi connectivity index (χ2n) is 8.78. The van der Waals surface area contributed by atoms with Gasteiger partial charge in [-0.25, -0.2) is 0 Å². The molecule has 1 saturated carbocycles. The predicted molar refractivity (Wildman–Crippen MR) is 89.1 cm³/mol. The van der Waals surface area contributed by atoms with Gasteiger partial charge >= 0.3 is 0 Å². The second-order valence-corrected chi connectivity index (χ2v) is 8.78. The summed E-state index contributed by atoms with van der Waals surface area (Å²) in [5, 5.41) is 0. The molecule has 3 fully saturated rings. The van der Waals surface area contributed by atoms with Gasteiger partial charge in [0.1, 0.15) is 11.7 Å². The zero-order chi connectivity index (χ0) is 16.6. The van der Waals surface area contributed by atoms with E-state index in [1.807, 2.05) is 0 Å². The molecule has 2 bridgehead atoms. The first-order valence-electron chi connectivity index (χ1n) is 8.99. The Morgan fingerprint density at radius 3 is 2.61 bits per heavy atom. The van der Waals surface area contributed by atoms with E-state index in [9.17, 15) is 4.79 Å². The van der Waals surface area contributed by atoms with Crippen molar-refractivity contribution >= 4 is 5.78 Å². The van der Waals surface area contributed by atoms with Crippen LogP contribution < -0.4 is 0 Å². The molecule has 2 aliphatic carbocycles. The Hall–Kier alpha value is -0.930. The lowest BCUT2D eigenvalue weighted by Gasteiger charge is -2.42. The molecule has 0 aromatic heterocycles. The van der Waals surface area contributed by atoms with Crippen molar-refractivity contribution in [3.63, 3.8) is 0 Å². The van der Waals surface area contributed by atoms with E-state index in [1.165, 1.54) is 0 Å². The van der Waals surface area contributed by atoms with E-state index in [0.29, 0.717) is 12.0 Å². The van der Waals surface area contributed by atoms with Crippen LogP contribution in [-0.4, -0.2) is 29.2 Å². The van der Waals surface area contributed by atoms with E-state index >= 15 is 0 Å². The summed E-state index contributed by atoms with van der Waals surface area (Å²) < 4.78 is 11.9. The average Bonchev–Trinajstić information content (AvgIpc) is 3.37. The second kappa shape index (κ2) is 4.58. The SMILES string of the molecule is C=C1C2=CC[C@@H](C)[C@]1(C)CC[C@]1(C)O[C@H]1CC[C@@]1(C)O[C@@H]1C2=O. The lowest BCUT2D eigenvalue weighted by atomic mass is 9.62. The first-order chi connectivity index (χ1) is 10.7. The normalized spacial score (nSPS) is 52.5. The van der Waals surface area contributed by atoms with Gasteiger partial charge in [-0.1, -0.05) is 26.5 Å². The molecule has 2 aliphatic heterocycles. The highest BCUT2D eigenvalue weighted by Gasteiger charge is 2.61. The van der Waals surface area contributed by atoms with Crippen molar-refractivity contribution in [1.29, 1.82) is 0 Å². The number of ether oxygens (including phenoxy) is 2. The highest BCUT2D eigenvalue weighted by atomic mass is 16.6. The van der Waals surface area contributed by atoms with Crippen molar-refractivity contribution < 1.29 is 14.3 Å². The zero-order valence-corrected chi connectivity index (χ0v) is 14.8. The van der Waals surface area contributed by atoms with Crippen LogP contribution >= 0.6 is 0 Å². The van der Waals surface area contributed by atoms with Gasteiger partial charge in [0.05, 0.1) is 11.7 Å². The smallest absolute Gasteiger partial charge is 0.194 e. The first-order valence-corrected chi connectivity index (χ1v) is 8.99. The number of Topliss-reactive ketones (excluding diaryl/α,β-unsaturated/α-hetero) is 1. The summed E-state index contributed by atoms with van der Waals surface area (Å²) in [5.74, 6) is 0.650. The summed E-state index contributed by atoms with van der Waals surface area (Å²) >= 11 is 0. The highest BCUT2D eigenvalue weighted by Crippen LogP contribution is 2.55. The number of epoxide rings is 2. The zero-order valence-electron chi connectivity index (χ0n) is 14.8. The highest BCUT2D eigenvalue weighted by molar-refractivity contribution is 6.05. The third kappa shape index (κ3) is 2.20. The van der Waals surface area contributed by atoms with Gasteiger partial charge in [0.15, 0.2) is 5.78 Å². The quantitative estimate of drug-likeness (QED) is 0.635. The molecule has 0 aromatic carbocycles. The fraction of sp³-hybridized carbons (Fsp3) is 0.750. The molecule has 23 heavy (non-hydrogen) atoms. The monoisotopic (exact) mass is 316 g/mol. The number of rotatable bonds is 0. The van der Waals surface area contributed by atoms with Gasteiger partial charge in [-0.05, 0) is 62.9 Å². The van der Waals surface area contributed by atoms with Gasteiger partial charge in [-0.2, -0.15) is 0 Å². The van der Waals surface area contributed by atoms with Gasteiger partial charge in [0, 0.05) is 5.57 Å². The topological polar surface area (TPSA) is 42.1 Å². The number of allylic oxidation sites excluding steroid dienone is 2. The summed E-state index contributed by atoms with van der Waals surface area (Å²) in [4.78, 5) is 12.9. The van der Waals surface area contributed by atoms with Crippen LogP contribution in [0.1, 0.15) is 59.8 Å². The van der Waals surface area contributed by atoms with Gasteiger partial charge < -0.3 is 9.47 Å². The lowest BCUT2D eigenvalue weighted by Crippen LogP contribution is -2.36. The number of carbonyl (C=O) groups is 1. The van der Waals surface area contributed by atoms with E-state index in [4.69, 9.17) is 9.47 Å². The third-order valence-electron chi connectivity index (χ3n) is 7.24. The Bertz CT molecular complexity index is 620. The summed E-state index contributed by atoms with van der Waals surface area (Å²) in [6.07, 6.45) is 7.05. The molecule has 0 unspecified atom stereocenters. The summed E-state index contributed by atoms with van der Waals surface area (Å²) in [7, 11) is 0. The van der Waals surface area contributed by atoms with Crippen LogP contribution in [0.15, 0.2) is 23.8 Å². The number of ketones is 1. The molecule has 2 saturated heterocycles. The minimum absolute atomic E-state index is 0.00822. The van der Waals surface area contributed by atoms with Crippen molar-refractivity contribution in [3.8, 4) is 0 Å². The Morgan fingerprint density at radius 1 is 1.13 bits per heavy atom. The van der Waals surface area contributed by atoms with Gasteiger partial charge in [-0.3, -0.25) is 4.79 Å². The van der Waals surface area contributed by atoms with Crippen molar-refractivity contribution in [2.24, 2.45) is 11.3 Å². The number of fused-ring (bicyclic) bond motifs is 4. The van der Waals surface area contributed by atoms with Gasteiger partial charge in [-0.15, -0.1) is 0 Å². The first kappa shape index (κ1) is 15.6. The van der Waals surface area contributed by atoms with E-state index < -0.39 is 0 Å². The van der Waals surface area contributed by atoms with E-state index in [0.717, 1.165) is 43.3 Å². The fourth-order valence-corrected chi connectivity index (χ4v) is 4.63. The van der Waals surface area contributed by atoms with E-state index in [-0.39, 0.29) is 28.5 Å². The van der Waals surface area contributed by atoms with Crippen molar-refractivity contribution in [3.05, 3.63) is 23.8 Å². The van der Waals surface area contributed by atoms with Crippen LogP contribution in [0, 0.1) is 11.3 Å². The van der Waals surface area contributed by atoms with Crippen molar-refractivity contribution in [1.82, 2.24) is 0 Å². The molecule has 0 N–H and O–H groups in total. The van der Waals surface area contributed by atoms with E-state index in [1.54, 1.807) is 0 Å². The molecular formula is C20H28O3. The Balaban J connectivity index is 1.70. The molecule has 3 heteroatoms. The molecule has 2 heterocycles. The Labute approximate surface area is 139 Å². The number of hydrogen-bond acceptors (Lipinski definition) is 3. The standard InChI is InChI=1S/C20H28O3/c1-12-6-7-14-13(2)18(12,3)10-11-19(4)15(22-19)8-9-20(5)17(23-20)16(14)21/h7,12,15,17H,2,6,8-11H2,1,3-5H3/t12-,15+,17-,18+,19+,20-/m1/s1. The fourth-order valence-electron chi connectivity index (χ4n) is 4.63. The predicted octanol–water partition coefficient (Wildman–Crippen LogP) is 3.97.